The Labute approximate surface area is 155 Å². The number of halogens is 1. The molecule has 1 fully saturated rings. The monoisotopic (exact) mass is 372 g/mol. The predicted octanol–water partition coefficient (Wildman–Crippen LogP) is 3.62. The van der Waals surface area contributed by atoms with Gasteiger partial charge in [-0.1, -0.05) is 19.3 Å². The third-order valence-electron chi connectivity index (χ3n) is 4.32. The Bertz CT molecular complexity index is 478. The van der Waals surface area contributed by atoms with Gasteiger partial charge in [0, 0.05) is 17.5 Å². The van der Waals surface area contributed by atoms with Gasteiger partial charge >= 0.3 is 0 Å². The van der Waals surface area contributed by atoms with Crippen LogP contribution in [-0.4, -0.2) is 30.9 Å². The van der Waals surface area contributed by atoms with Crippen molar-refractivity contribution >= 4 is 30.1 Å². The standard InChI is InChI=1S/C18H28N2O2S.ClH/c1-2-22-15-8-10-16(11-9-15)23-13-18(21)20-17(12-19)14-6-4-3-5-7-14;/h8-11,14,17H,2-7,12-13,19H2,1H3,(H,20,21);1H. The fourth-order valence-electron chi connectivity index (χ4n) is 3.10. The average Bonchev–Trinajstić information content (AvgIpc) is 2.60. The fraction of sp³-hybridized carbons (Fsp3) is 0.611. The van der Waals surface area contributed by atoms with Crippen LogP contribution in [0.25, 0.3) is 0 Å². The Morgan fingerprint density at radius 2 is 1.96 bits per heavy atom. The largest absolute Gasteiger partial charge is 0.494 e. The van der Waals surface area contributed by atoms with E-state index < -0.39 is 0 Å². The number of nitrogens with two attached hydrogens (primary N) is 1. The van der Waals surface area contributed by atoms with E-state index in [1.165, 1.54) is 32.1 Å². The highest BCUT2D eigenvalue weighted by molar-refractivity contribution is 8.00. The number of carbonyl (C=O) groups excluding carboxylic acids is 1. The van der Waals surface area contributed by atoms with Crippen molar-refractivity contribution in [2.75, 3.05) is 18.9 Å². The number of amides is 1. The summed E-state index contributed by atoms with van der Waals surface area (Å²) >= 11 is 1.55. The van der Waals surface area contributed by atoms with Gasteiger partial charge in [0.1, 0.15) is 5.75 Å². The SMILES string of the molecule is CCOc1ccc(SCC(=O)NC(CN)C2CCCCC2)cc1.Cl. The van der Waals surface area contributed by atoms with Crippen molar-refractivity contribution in [1.29, 1.82) is 0 Å². The molecule has 1 aromatic rings. The number of ether oxygens (including phenoxy) is 1. The van der Waals surface area contributed by atoms with Gasteiger partial charge in [-0.05, 0) is 49.9 Å². The van der Waals surface area contributed by atoms with Gasteiger partial charge in [0.15, 0.2) is 0 Å². The van der Waals surface area contributed by atoms with E-state index in [2.05, 4.69) is 5.32 Å². The Morgan fingerprint density at radius 3 is 2.54 bits per heavy atom. The zero-order chi connectivity index (χ0) is 16.5. The van der Waals surface area contributed by atoms with E-state index in [0.717, 1.165) is 10.6 Å². The lowest BCUT2D eigenvalue weighted by Gasteiger charge is -2.30. The Balaban J connectivity index is 0.00000288. The molecular formula is C18H29ClN2O2S. The second-order valence-corrected chi connectivity index (χ2v) is 7.05. The van der Waals surface area contributed by atoms with Crippen LogP contribution >= 0.6 is 24.2 Å². The Hall–Kier alpha value is -0.910. The number of hydrogen-bond acceptors (Lipinski definition) is 4. The summed E-state index contributed by atoms with van der Waals surface area (Å²) in [5, 5.41) is 3.13. The molecule has 4 nitrogen and oxygen atoms in total. The topological polar surface area (TPSA) is 64.3 Å². The smallest absolute Gasteiger partial charge is 0.230 e. The number of nitrogens with one attached hydrogen (secondary N) is 1. The molecule has 1 amide bonds. The van der Waals surface area contributed by atoms with E-state index >= 15 is 0 Å². The van der Waals surface area contributed by atoms with Crippen LogP contribution in [0.15, 0.2) is 29.2 Å². The molecule has 1 aliphatic carbocycles. The molecule has 1 aromatic carbocycles. The first-order chi connectivity index (χ1) is 11.2. The van der Waals surface area contributed by atoms with E-state index in [1.54, 1.807) is 11.8 Å². The first-order valence-electron chi connectivity index (χ1n) is 8.58. The summed E-state index contributed by atoms with van der Waals surface area (Å²) in [5.74, 6) is 1.91. The van der Waals surface area contributed by atoms with Crippen molar-refractivity contribution in [3.63, 3.8) is 0 Å². The van der Waals surface area contributed by atoms with Gasteiger partial charge in [-0.3, -0.25) is 4.79 Å². The minimum Gasteiger partial charge on any atom is -0.494 e. The lowest BCUT2D eigenvalue weighted by Crippen LogP contribution is -2.46. The molecule has 0 bridgehead atoms. The molecule has 1 aliphatic rings. The van der Waals surface area contributed by atoms with Crippen LogP contribution in [0, 0.1) is 5.92 Å². The molecule has 1 unspecified atom stereocenters. The summed E-state index contributed by atoms with van der Waals surface area (Å²) in [6.45, 7) is 3.16. The van der Waals surface area contributed by atoms with Gasteiger partial charge < -0.3 is 15.8 Å². The summed E-state index contributed by atoms with van der Waals surface area (Å²) in [5.41, 5.74) is 5.87. The quantitative estimate of drug-likeness (QED) is 0.684. The molecule has 0 spiro atoms. The summed E-state index contributed by atoms with van der Waals surface area (Å²) < 4.78 is 5.42. The van der Waals surface area contributed by atoms with Gasteiger partial charge in [-0.2, -0.15) is 0 Å². The van der Waals surface area contributed by atoms with Crippen molar-refractivity contribution in [2.24, 2.45) is 11.7 Å². The minimum absolute atomic E-state index is 0. The maximum Gasteiger partial charge on any atom is 0.230 e. The van der Waals surface area contributed by atoms with Crippen LogP contribution in [0.1, 0.15) is 39.0 Å². The molecule has 136 valence electrons. The van der Waals surface area contributed by atoms with Gasteiger partial charge in [0.05, 0.1) is 12.4 Å². The van der Waals surface area contributed by atoms with Crippen LogP contribution in [0.2, 0.25) is 0 Å². The van der Waals surface area contributed by atoms with Crippen molar-refractivity contribution in [1.82, 2.24) is 5.32 Å². The van der Waals surface area contributed by atoms with Crippen molar-refractivity contribution < 1.29 is 9.53 Å². The van der Waals surface area contributed by atoms with Crippen LogP contribution in [0.4, 0.5) is 0 Å². The summed E-state index contributed by atoms with van der Waals surface area (Å²) in [4.78, 5) is 13.3. The van der Waals surface area contributed by atoms with E-state index in [9.17, 15) is 4.79 Å². The van der Waals surface area contributed by atoms with Crippen LogP contribution in [-0.2, 0) is 4.79 Å². The predicted molar refractivity (Wildman–Crippen MR) is 103 cm³/mol. The highest BCUT2D eigenvalue weighted by atomic mass is 35.5. The second kappa shape index (κ2) is 11.6. The lowest BCUT2D eigenvalue weighted by molar-refractivity contribution is -0.119. The molecular weight excluding hydrogens is 344 g/mol. The van der Waals surface area contributed by atoms with Gasteiger partial charge in [-0.25, -0.2) is 0 Å². The minimum atomic E-state index is 0. The first-order valence-corrected chi connectivity index (χ1v) is 9.56. The lowest BCUT2D eigenvalue weighted by atomic mass is 9.84. The fourth-order valence-corrected chi connectivity index (χ4v) is 3.81. The molecule has 1 saturated carbocycles. The second-order valence-electron chi connectivity index (χ2n) is 6.00. The number of carbonyl (C=O) groups is 1. The molecule has 2 rings (SSSR count). The number of rotatable bonds is 8. The highest BCUT2D eigenvalue weighted by Gasteiger charge is 2.23. The molecule has 3 N–H and O–H groups in total. The van der Waals surface area contributed by atoms with Crippen molar-refractivity contribution in [2.45, 2.75) is 50.0 Å². The number of benzene rings is 1. The third kappa shape index (κ3) is 6.91. The van der Waals surface area contributed by atoms with Crippen LogP contribution < -0.4 is 15.8 Å². The van der Waals surface area contributed by atoms with Gasteiger partial charge in [0.2, 0.25) is 5.91 Å². The van der Waals surface area contributed by atoms with Crippen molar-refractivity contribution in [3.05, 3.63) is 24.3 Å². The molecule has 0 heterocycles. The molecule has 0 aliphatic heterocycles. The van der Waals surface area contributed by atoms with Crippen LogP contribution in [0.3, 0.4) is 0 Å². The molecule has 0 aromatic heterocycles. The zero-order valence-electron chi connectivity index (χ0n) is 14.3. The Morgan fingerprint density at radius 1 is 1.29 bits per heavy atom. The first kappa shape index (κ1) is 21.1. The summed E-state index contributed by atoms with van der Waals surface area (Å²) in [6.07, 6.45) is 6.22. The zero-order valence-corrected chi connectivity index (χ0v) is 16.0. The average molecular weight is 373 g/mol. The molecule has 24 heavy (non-hydrogen) atoms. The van der Waals surface area contributed by atoms with E-state index in [-0.39, 0.29) is 24.4 Å². The highest BCUT2D eigenvalue weighted by Crippen LogP contribution is 2.26. The maximum absolute atomic E-state index is 12.2. The summed E-state index contributed by atoms with van der Waals surface area (Å²) in [6, 6.07) is 7.99. The van der Waals surface area contributed by atoms with Gasteiger partial charge in [0.25, 0.3) is 0 Å². The molecule has 1 atom stereocenters. The van der Waals surface area contributed by atoms with Gasteiger partial charge in [-0.15, -0.1) is 24.2 Å². The molecule has 0 radical (unpaired) electrons. The van der Waals surface area contributed by atoms with E-state index in [1.807, 2.05) is 31.2 Å². The normalized spacial score (nSPS) is 16.1. The summed E-state index contributed by atoms with van der Waals surface area (Å²) in [7, 11) is 0. The molecule has 6 heteroatoms. The van der Waals surface area contributed by atoms with E-state index in [0.29, 0.717) is 24.8 Å². The van der Waals surface area contributed by atoms with E-state index in [4.69, 9.17) is 10.5 Å². The van der Waals surface area contributed by atoms with Crippen LogP contribution in [0.5, 0.6) is 5.75 Å². The van der Waals surface area contributed by atoms with Crippen molar-refractivity contribution in [3.8, 4) is 5.75 Å². The number of thioether (sulfide) groups is 1. The third-order valence-corrected chi connectivity index (χ3v) is 5.34. The Kier molecular flexibility index (Phi) is 10.2. The maximum atomic E-state index is 12.2. The number of hydrogen-bond donors (Lipinski definition) is 2. The molecule has 0 saturated heterocycles.